The summed E-state index contributed by atoms with van der Waals surface area (Å²) in [6.45, 7) is 0.218. The van der Waals surface area contributed by atoms with Crippen LogP contribution in [0, 0.1) is 0 Å². The molecule has 0 saturated heterocycles. The number of nitrogens with one attached hydrogen (secondary N) is 1. The molecule has 1 aromatic heterocycles. The van der Waals surface area contributed by atoms with Crippen LogP contribution in [0.1, 0.15) is 10.4 Å². The first-order valence-corrected chi connectivity index (χ1v) is 6.97. The predicted molar refractivity (Wildman–Crippen MR) is 83.4 cm³/mol. The van der Waals surface area contributed by atoms with Crippen molar-refractivity contribution in [3.8, 4) is 11.5 Å². The van der Waals surface area contributed by atoms with Crippen LogP contribution in [-0.2, 0) is 7.05 Å². The molecular weight excluding hydrogens is 280 g/mol. The summed E-state index contributed by atoms with van der Waals surface area (Å²) in [5.41, 5.74) is 2.36. The normalized spacial score (nSPS) is 12.6. The highest BCUT2D eigenvalue weighted by Gasteiger charge is 2.17. The number of hydrogen-bond donors (Lipinski definition) is 1. The summed E-state index contributed by atoms with van der Waals surface area (Å²) in [7, 11) is 1.93. The molecule has 0 unspecified atom stereocenters. The van der Waals surface area contributed by atoms with Gasteiger partial charge in [0, 0.05) is 35.9 Å². The van der Waals surface area contributed by atoms with Crippen LogP contribution >= 0.6 is 0 Å². The standard InChI is InChI=1S/C17H14N2O3/c1-19-9-13(12-4-2-3-5-14(12)19)17(20)18-11-6-7-15-16(8-11)22-10-21-15/h2-9H,10H2,1H3,(H,18,20). The zero-order valence-corrected chi connectivity index (χ0v) is 12.0. The van der Waals surface area contributed by atoms with E-state index in [9.17, 15) is 4.79 Å². The van der Waals surface area contributed by atoms with Crippen LogP contribution in [0.25, 0.3) is 10.9 Å². The maximum atomic E-state index is 12.5. The fraction of sp³-hybridized carbons (Fsp3) is 0.118. The summed E-state index contributed by atoms with van der Waals surface area (Å²) in [5.74, 6) is 1.20. The van der Waals surface area contributed by atoms with Crippen LogP contribution < -0.4 is 14.8 Å². The first-order valence-electron chi connectivity index (χ1n) is 6.97. The number of aryl methyl sites for hydroxylation is 1. The molecule has 3 aromatic rings. The third kappa shape index (κ3) is 1.98. The number of carbonyl (C=O) groups excluding carboxylic acids is 1. The fourth-order valence-electron chi connectivity index (χ4n) is 2.70. The van der Waals surface area contributed by atoms with E-state index in [4.69, 9.17) is 9.47 Å². The zero-order chi connectivity index (χ0) is 15.1. The Hall–Kier alpha value is -2.95. The van der Waals surface area contributed by atoms with E-state index in [0.717, 1.165) is 10.9 Å². The number of carbonyl (C=O) groups is 1. The zero-order valence-electron chi connectivity index (χ0n) is 12.0. The number of aromatic nitrogens is 1. The average molecular weight is 294 g/mol. The lowest BCUT2D eigenvalue weighted by molar-refractivity contribution is 0.102. The second-order valence-corrected chi connectivity index (χ2v) is 5.19. The van der Waals surface area contributed by atoms with Gasteiger partial charge in [-0.1, -0.05) is 18.2 Å². The van der Waals surface area contributed by atoms with Crippen LogP contribution in [0.3, 0.4) is 0 Å². The van der Waals surface area contributed by atoms with Gasteiger partial charge in [0.1, 0.15) is 0 Å². The molecule has 5 nitrogen and oxygen atoms in total. The summed E-state index contributed by atoms with van der Waals surface area (Å²) in [6, 6.07) is 13.2. The van der Waals surface area contributed by atoms with E-state index in [0.29, 0.717) is 22.7 Å². The molecule has 0 aliphatic carbocycles. The third-order valence-electron chi connectivity index (χ3n) is 3.77. The van der Waals surface area contributed by atoms with Gasteiger partial charge in [0.05, 0.1) is 5.56 Å². The Morgan fingerprint density at radius 2 is 1.95 bits per heavy atom. The van der Waals surface area contributed by atoms with Gasteiger partial charge in [-0.15, -0.1) is 0 Å². The van der Waals surface area contributed by atoms with Crippen molar-refractivity contribution in [1.29, 1.82) is 0 Å². The number of benzene rings is 2. The fourth-order valence-corrected chi connectivity index (χ4v) is 2.70. The summed E-state index contributed by atoms with van der Waals surface area (Å²) < 4.78 is 12.5. The van der Waals surface area contributed by atoms with Crippen molar-refractivity contribution < 1.29 is 14.3 Å². The quantitative estimate of drug-likeness (QED) is 0.790. The van der Waals surface area contributed by atoms with Gasteiger partial charge < -0.3 is 19.4 Å². The minimum absolute atomic E-state index is 0.143. The van der Waals surface area contributed by atoms with Crippen molar-refractivity contribution >= 4 is 22.5 Å². The molecule has 22 heavy (non-hydrogen) atoms. The first-order chi connectivity index (χ1) is 10.7. The Bertz CT molecular complexity index is 883. The van der Waals surface area contributed by atoms with E-state index in [1.807, 2.05) is 42.1 Å². The highest BCUT2D eigenvalue weighted by Crippen LogP contribution is 2.34. The van der Waals surface area contributed by atoms with E-state index < -0.39 is 0 Å². The summed E-state index contributed by atoms with van der Waals surface area (Å²) >= 11 is 0. The third-order valence-corrected chi connectivity index (χ3v) is 3.77. The molecule has 0 bridgehead atoms. The molecule has 0 atom stereocenters. The van der Waals surface area contributed by atoms with Gasteiger partial charge in [-0.2, -0.15) is 0 Å². The number of para-hydroxylation sites is 1. The van der Waals surface area contributed by atoms with Crippen LogP contribution in [0.15, 0.2) is 48.7 Å². The van der Waals surface area contributed by atoms with Crippen molar-refractivity contribution in [3.05, 3.63) is 54.2 Å². The summed E-state index contributed by atoms with van der Waals surface area (Å²) in [6.07, 6.45) is 1.84. The maximum absolute atomic E-state index is 12.5. The second kappa shape index (κ2) is 4.80. The van der Waals surface area contributed by atoms with Crippen molar-refractivity contribution in [3.63, 3.8) is 0 Å². The molecule has 110 valence electrons. The van der Waals surface area contributed by atoms with E-state index in [1.54, 1.807) is 18.2 Å². The van der Waals surface area contributed by atoms with Gasteiger partial charge in [-0.05, 0) is 18.2 Å². The number of fused-ring (bicyclic) bond motifs is 2. The Balaban J connectivity index is 1.66. The molecule has 1 aliphatic heterocycles. The first kappa shape index (κ1) is 12.8. The van der Waals surface area contributed by atoms with Gasteiger partial charge >= 0.3 is 0 Å². The molecule has 1 amide bonds. The number of amides is 1. The number of anilines is 1. The van der Waals surface area contributed by atoms with Crippen LogP contribution in [0.2, 0.25) is 0 Å². The number of hydrogen-bond acceptors (Lipinski definition) is 3. The number of ether oxygens (including phenoxy) is 2. The lowest BCUT2D eigenvalue weighted by Crippen LogP contribution is -2.11. The highest BCUT2D eigenvalue weighted by atomic mass is 16.7. The molecule has 0 saturated carbocycles. The van der Waals surface area contributed by atoms with Gasteiger partial charge in [0.15, 0.2) is 11.5 Å². The molecule has 2 heterocycles. The maximum Gasteiger partial charge on any atom is 0.257 e. The van der Waals surface area contributed by atoms with Crippen LogP contribution in [0.4, 0.5) is 5.69 Å². The monoisotopic (exact) mass is 294 g/mol. The van der Waals surface area contributed by atoms with Crippen molar-refractivity contribution in [2.45, 2.75) is 0 Å². The molecule has 1 N–H and O–H groups in total. The highest BCUT2D eigenvalue weighted by molar-refractivity contribution is 6.13. The van der Waals surface area contributed by atoms with Gasteiger partial charge in [-0.25, -0.2) is 0 Å². The van der Waals surface area contributed by atoms with Crippen LogP contribution in [-0.4, -0.2) is 17.3 Å². The summed E-state index contributed by atoms with van der Waals surface area (Å²) in [4.78, 5) is 12.5. The smallest absolute Gasteiger partial charge is 0.257 e. The largest absolute Gasteiger partial charge is 0.454 e. The topological polar surface area (TPSA) is 52.5 Å². The van der Waals surface area contributed by atoms with Crippen molar-refractivity contribution in [1.82, 2.24) is 4.57 Å². The Morgan fingerprint density at radius 3 is 2.86 bits per heavy atom. The van der Waals surface area contributed by atoms with Gasteiger partial charge in [0.25, 0.3) is 5.91 Å². The molecule has 0 spiro atoms. The minimum atomic E-state index is -0.143. The van der Waals surface area contributed by atoms with Gasteiger partial charge in [0.2, 0.25) is 6.79 Å². The molecule has 0 fully saturated rings. The predicted octanol–water partition coefficient (Wildman–Crippen LogP) is 3.16. The molecule has 4 rings (SSSR count). The Labute approximate surface area is 127 Å². The molecule has 0 radical (unpaired) electrons. The molecule has 1 aliphatic rings. The average Bonchev–Trinajstić information content (AvgIpc) is 3.12. The minimum Gasteiger partial charge on any atom is -0.454 e. The van der Waals surface area contributed by atoms with E-state index >= 15 is 0 Å². The van der Waals surface area contributed by atoms with E-state index in [2.05, 4.69) is 5.32 Å². The van der Waals surface area contributed by atoms with Gasteiger partial charge in [-0.3, -0.25) is 4.79 Å². The van der Waals surface area contributed by atoms with E-state index in [1.165, 1.54) is 0 Å². The van der Waals surface area contributed by atoms with Crippen molar-refractivity contribution in [2.24, 2.45) is 7.05 Å². The lowest BCUT2D eigenvalue weighted by Gasteiger charge is -2.05. The van der Waals surface area contributed by atoms with Crippen molar-refractivity contribution in [2.75, 3.05) is 12.1 Å². The number of rotatable bonds is 2. The van der Waals surface area contributed by atoms with Crippen LogP contribution in [0.5, 0.6) is 11.5 Å². The number of nitrogens with zero attached hydrogens (tertiary/aromatic N) is 1. The second-order valence-electron chi connectivity index (χ2n) is 5.19. The Morgan fingerprint density at radius 1 is 1.14 bits per heavy atom. The Kier molecular flexibility index (Phi) is 2.79. The lowest BCUT2D eigenvalue weighted by atomic mass is 10.1. The molecule has 2 aromatic carbocycles. The van der Waals surface area contributed by atoms with E-state index in [-0.39, 0.29) is 12.7 Å². The summed E-state index contributed by atoms with van der Waals surface area (Å²) in [5, 5.41) is 3.84. The SMILES string of the molecule is Cn1cc(C(=O)Nc2ccc3c(c2)OCO3)c2ccccc21. The molecule has 5 heteroatoms. The molecular formula is C17H14N2O3.